The molecule has 2 rings (SSSR count). The molecule has 0 aliphatic carbocycles. The van der Waals surface area contributed by atoms with Crippen molar-refractivity contribution in [3.63, 3.8) is 0 Å². The molecule has 0 saturated heterocycles. The van der Waals surface area contributed by atoms with E-state index in [1.807, 2.05) is 49.3 Å². The van der Waals surface area contributed by atoms with Gasteiger partial charge in [0.2, 0.25) is 0 Å². The number of carbonyl (C=O) groups is 2. The predicted octanol–water partition coefficient (Wildman–Crippen LogP) is 2.47. The highest BCUT2D eigenvalue weighted by Crippen LogP contribution is 2.16. The van der Waals surface area contributed by atoms with E-state index in [9.17, 15) is 9.59 Å². The molecule has 0 aromatic heterocycles. The number of aldehydes is 1. The van der Waals surface area contributed by atoms with Gasteiger partial charge in [0.25, 0.3) is 5.91 Å². The summed E-state index contributed by atoms with van der Waals surface area (Å²) in [7, 11) is 3.95. The highest BCUT2D eigenvalue weighted by molar-refractivity contribution is 5.80. The third-order valence-electron chi connectivity index (χ3n) is 3.78. The number of nitrogens with zero attached hydrogens (tertiary/aromatic N) is 2. The van der Waals surface area contributed by atoms with E-state index in [0.29, 0.717) is 24.4 Å². The van der Waals surface area contributed by atoms with E-state index in [4.69, 9.17) is 4.74 Å². The average Bonchev–Trinajstić information content (AvgIpc) is 2.64. The van der Waals surface area contributed by atoms with Gasteiger partial charge in [0, 0.05) is 19.6 Å². The molecule has 0 aliphatic heterocycles. The Morgan fingerprint density at radius 3 is 2.36 bits per heavy atom. The Balaban J connectivity index is 2.02. The van der Waals surface area contributed by atoms with Gasteiger partial charge < -0.3 is 14.5 Å². The third-order valence-corrected chi connectivity index (χ3v) is 3.78. The summed E-state index contributed by atoms with van der Waals surface area (Å²) in [5.41, 5.74) is 1.51. The lowest BCUT2D eigenvalue weighted by Crippen LogP contribution is -2.39. The van der Waals surface area contributed by atoms with Gasteiger partial charge in [-0.3, -0.25) is 9.59 Å². The summed E-state index contributed by atoms with van der Waals surface area (Å²) < 4.78 is 5.58. The summed E-state index contributed by atoms with van der Waals surface area (Å²) in [4.78, 5) is 27.5. The van der Waals surface area contributed by atoms with E-state index in [2.05, 4.69) is 0 Å². The lowest BCUT2D eigenvalue weighted by molar-refractivity contribution is -0.134. The molecule has 0 heterocycles. The zero-order valence-electron chi connectivity index (χ0n) is 14.7. The van der Waals surface area contributed by atoms with Crippen LogP contribution in [0.5, 0.6) is 5.75 Å². The van der Waals surface area contributed by atoms with Crippen LogP contribution in [0.3, 0.4) is 0 Å². The Morgan fingerprint density at radius 1 is 1.00 bits per heavy atom. The van der Waals surface area contributed by atoms with Crippen molar-refractivity contribution < 1.29 is 14.3 Å². The summed E-state index contributed by atoms with van der Waals surface area (Å²) in [5, 5.41) is 0. The fraction of sp³-hybridized carbons (Fsp3) is 0.300. The first kappa shape index (κ1) is 18.7. The number of carbonyl (C=O) groups excluding carboxylic acids is 2. The fourth-order valence-electron chi connectivity index (χ4n) is 2.36. The highest BCUT2D eigenvalue weighted by Gasteiger charge is 2.15. The van der Waals surface area contributed by atoms with Gasteiger partial charge in [-0.25, -0.2) is 0 Å². The lowest BCUT2D eigenvalue weighted by atomic mass is 10.2. The van der Waals surface area contributed by atoms with Gasteiger partial charge >= 0.3 is 0 Å². The molecule has 0 atom stereocenters. The van der Waals surface area contributed by atoms with Gasteiger partial charge in [0.15, 0.2) is 12.9 Å². The Bertz CT molecular complexity index is 686. The SMILES string of the molecule is CN(C)CCN(Cc1ccccc1)C(=O)COc1ccccc1C=O. The van der Waals surface area contributed by atoms with Gasteiger partial charge in [-0.2, -0.15) is 0 Å². The minimum absolute atomic E-state index is 0.0921. The van der Waals surface area contributed by atoms with Gasteiger partial charge in [-0.05, 0) is 31.8 Å². The highest BCUT2D eigenvalue weighted by atomic mass is 16.5. The van der Waals surface area contributed by atoms with Crippen LogP contribution in [0.2, 0.25) is 0 Å². The number of amides is 1. The second-order valence-electron chi connectivity index (χ2n) is 6.05. The molecule has 0 saturated carbocycles. The van der Waals surface area contributed by atoms with Crippen LogP contribution in [0.25, 0.3) is 0 Å². The van der Waals surface area contributed by atoms with Crippen molar-refractivity contribution >= 4 is 12.2 Å². The van der Waals surface area contributed by atoms with Crippen LogP contribution in [0.15, 0.2) is 54.6 Å². The van der Waals surface area contributed by atoms with E-state index < -0.39 is 0 Å². The predicted molar refractivity (Wildman–Crippen MR) is 97.7 cm³/mol. The number of hydrogen-bond donors (Lipinski definition) is 0. The Kier molecular flexibility index (Phi) is 7.16. The van der Waals surface area contributed by atoms with E-state index in [-0.39, 0.29) is 12.5 Å². The maximum atomic E-state index is 12.6. The van der Waals surface area contributed by atoms with Crippen LogP contribution in [-0.4, -0.2) is 55.8 Å². The van der Waals surface area contributed by atoms with Gasteiger partial charge in [-0.1, -0.05) is 42.5 Å². The molecule has 0 aliphatic rings. The average molecular weight is 340 g/mol. The minimum Gasteiger partial charge on any atom is -0.483 e. The van der Waals surface area contributed by atoms with E-state index >= 15 is 0 Å². The van der Waals surface area contributed by atoms with Gasteiger partial charge in [-0.15, -0.1) is 0 Å². The molecule has 0 radical (unpaired) electrons. The van der Waals surface area contributed by atoms with Crippen molar-refractivity contribution in [2.24, 2.45) is 0 Å². The lowest BCUT2D eigenvalue weighted by Gasteiger charge is -2.24. The summed E-state index contributed by atoms with van der Waals surface area (Å²) in [6.07, 6.45) is 0.730. The molecule has 5 nitrogen and oxygen atoms in total. The maximum Gasteiger partial charge on any atom is 0.260 e. The van der Waals surface area contributed by atoms with Crippen molar-refractivity contribution in [2.75, 3.05) is 33.8 Å². The molecule has 2 aromatic rings. The number of ether oxygens (including phenoxy) is 1. The zero-order chi connectivity index (χ0) is 18.1. The number of para-hydroxylation sites is 1. The topological polar surface area (TPSA) is 49.9 Å². The minimum atomic E-state index is -0.105. The first-order valence-corrected chi connectivity index (χ1v) is 8.23. The second-order valence-corrected chi connectivity index (χ2v) is 6.05. The number of rotatable bonds is 9. The standard InChI is InChI=1S/C20H24N2O3/c1-21(2)12-13-22(14-17-8-4-3-5-9-17)20(24)16-25-19-11-7-6-10-18(19)15-23/h3-11,15H,12-14,16H2,1-2H3. The zero-order valence-corrected chi connectivity index (χ0v) is 14.7. The van der Waals surface area contributed by atoms with Crippen LogP contribution in [0.1, 0.15) is 15.9 Å². The quantitative estimate of drug-likeness (QED) is 0.658. The van der Waals surface area contributed by atoms with Crippen LogP contribution in [-0.2, 0) is 11.3 Å². The summed E-state index contributed by atoms with van der Waals surface area (Å²) in [6.45, 7) is 1.82. The van der Waals surface area contributed by atoms with Crippen molar-refractivity contribution in [3.05, 3.63) is 65.7 Å². The maximum absolute atomic E-state index is 12.6. The monoisotopic (exact) mass is 340 g/mol. The smallest absolute Gasteiger partial charge is 0.260 e. The van der Waals surface area contributed by atoms with E-state index in [1.165, 1.54) is 0 Å². The Morgan fingerprint density at radius 2 is 1.68 bits per heavy atom. The summed E-state index contributed by atoms with van der Waals surface area (Å²) in [5.74, 6) is 0.324. The molecule has 2 aromatic carbocycles. The van der Waals surface area contributed by atoms with Crippen LogP contribution in [0, 0.1) is 0 Å². The second kappa shape index (κ2) is 9.59. The summed E-state index contributed by atoms with van der Waals surface area (Å²) in [6, 6.07) is 16.8. The van der Waals surface area contributed by atoms with Crippen LogP contribution < -0.4 is 4.74 Å². The third kappa shape index (κ3) is 6.04. The first-order valence-electron chi connectivity index (χ1n) is 8.23. The van der Waals surface area contributed by atoms with Gasteiger partial charge in [0.05, 0.1) is 5.56 Å². The van der Waals surface area contributed by atoms with E-state index in [1.54, 1.807) is 29.2 Å². The van der Waals surface area contributed by atoms with Crippen LogP contribution >= 0.6 is 0 Å². The molecule has 25 heavy (non-hydrogen) atoms. The molecule has 0 N–H and O–H groups in total. The van der Waals surface area contributed by atoms with E-state index in [0.717, 1.165) is 18.4 Å². The number of likely N-dealkylation sites (N-methyl/N-ethyl adjacent to an activating group) is 1. The Hall–Kier alpha value is -2.66. The molecule has 0 spiro atoms. The largest absolute Gasteiger partial charge is 0.483 e. The molecule has 5 heteroatoms. The Labute approximate surface area is 148 Å². The molecular weight excluding hydrogens is 316 g/mol. The van der Waals surface area contributed by atoms with Crippen LogP contribution in [0.4, 0.5) is 0 Å². The normalized spacial score (nSPS) is 10.5. The van der Waals surface area contributed by atoms with Gasteiger partial charge in [0.1, 0.15) is 5.75 Å². The number of hydrogen-bond acceptors (Lipinski definition) is 4. The molecule has 132 valence electrons. The molecule has 0 unspecified atom stereocenters. The van der Waals surface area contributed by atoms with Crippen molar-refractivity contribution in [2.45, 2.75) is 6.54 Å². The molecular formula is C20H24N2O3. The van der Waals surface area contributed by atoms with Crippen molar-refractivity contribution in [1.82, 2.24) is 9.80 Å². The van der Waals surface area contributed by atoms with Crippen molar-refractivity contribution in [3.8, 4) is 5.75 Å². The fourth-order valence-corrected chi connectivity index (χ4v) is 2.36. The first-order chi connectivity index (χ1) is 12.1. The number of benzene rings is 2. The molecule has 0 bridgehead atoms. The summed E-state index contributed by atoms with van der Waals surface area (Å²) >= 11 is 0. The molecule has 0 fully saturated rings. The molecule has 1 amide bonds. The van der Waals surface area contributed by atoms with Crippen molar-refractivity contribution in [1.29, 1.82) is 0 Å².